The van der Waals surface area contributed by atoms with Crippen molar-refractivity contribution in [3.63, 3.8) is 0 Å². The average Bonchev–Trinajstić information content (AvgIpc) is 3.48. The highest BCUT2D eigenvalue weighted by Gasteiger charge is 2.88. The quantitative estimate of drug-likeness (QED) is 0.312. The number of hydrogen-bond donors (Lipinski definition) is 2. The molecule has 2 N–H and O–H groups in total. The van der Waals surface area contributed by atoms with Gasteiger partial charge < -0.3 is 43.1 Å². The molecule has 3 aliphatic rings. The minimum Gasteiger partial charge on any atom is -0.472 e. The van der Waals surface area contributed by atoms with E-state index in [9.17, 15) is 34.2 Å². The van der Waals surface area contributed by atoms with Crippen LogP contribution in [-0.2, 0) is 47.6 Å². The molecule has 14 nitrogen and oxygen atoms in total. The molecule has 14 heteroatoms. The lowest BCUT2D eigenvalue weighted by Gasteiger charge is -2.66. The Hall–Kier alpha value is -3.49. The van der Waals surface area contributed by atoms with Crippen LogP contribution in [0.25, 0.3) is 0 Å². The Balaban J connectivity index is 2.11. The van der Waals surface area contributed by atoms with Crippen molar-refractivity contribution in [1.82, 2.24) is 0 Å². The molecule has 1 spiro atoms. The molecular weight excluding hydrogens is 584 g/mol. The molecule has 2 bridgehead atoms. The van der Waals surface area contributed by atoms with Crippen LogP contribution in [0, 0.1) is 17.3 Å². The zero-order valence-electron chi connectivity index (χ0n) is 26.0. The van der Waals surface area contributed by atoms with Crippen LogP contribution in [0.1, 0.15) is 72.2 Å². The molecule has 1 aliphatic heterocycles. The number of rotatable bonds is 8. The highest BCUT2D eigenvalue weighted by molar-refractivity contribution is 5.89. The summed E-state index contributed by atoms with van der Waals surface area (Å²) < 4.78 is 40.7. The second-order valence-electron chi connectivity index (χ2n) is 12.8. The number of esters is 5. The summed E-state index contributed by atoms with van der Waals surface area (Å²) >= 11 is 0. The van der Waals surface area contributed by atoms with Gasteiger partial charge in [0, 0.05) is 27.2 Å². The van der Waals surface area contributed by atoms with Gasteiger partial charge >= 0.3 is 29.8 Å². The summed E-state index contributed by atoms with van der Waals surface area (Å²) in [6.07, 6.45) is -6.14. The molecule has 5 unspecified atom stereocenters. The minimum atomic E-state index is -2.24. The summed E-state index contributed by atoms with van der Waals surface area (Å²) in [5.74, 6) is -5.99. The predicted octanol–water partition coefficient (Wildman–Crippen LogP) is 1.48. The number of furan rings is 1. The van der Waals surface area contributed by atoms with E-state index in [0.717, 1.165) is 27.0 Å². The third kappa shape index (κ3) is 5.16. The zero-order chi connectivity index (χ0) is 33.0. The van der Waals surface area contributed by atoms with E-state index in [2.05, 4.69) is 0 Å². The van der Waals surface area contributed by atoms with E-state index in [4.69, 9.17) is 32.8 Å². The zero-order valence-corrected chi connectivity index (χ0v) is 26.0. The van der Waals surface area contributed by atoms with Gasteiger partial charge in [-0.05, 0) is 26.8 Å². The molecule has 244 valence electrons. The van der Waals surface area contributed by atoms with Gasteiger partial charge in [0.25, 0.3) is 0 Å². The Morgan fingerprint density at radius 2 is 1.52 bits per heavy atom. The topological polar surface area (TPSA) is 194 Å². The molecule has 1 aromatic heterocycles. The molecule has 0 aromatic carbocycles. The van der Waals surface area contributed by atoms with Crippen molar-refractivity contribution in [3.8, 4) is 0 Å². The number of aliphatic hydroxyl groups is 2. The van der Waals surface area contributed by atoms with Crippen LogP contribution in [0.4, 0.5) is 0 Å². The first-order valence-corrected chi connectivity index (χ1v) is 14.3. The van der Waals surface area contributed by atoms with Crippen molar-refractivity contribution in [1.29, 1.82) is 0 Å². The summed E-state index contributed by atoms with van der Waals surface area (Å²) in [7, 11) is 0. The van der Waals surface area contributed by atoms with Gasteiger partial charge in [0.1, 0.15) is 42.7 Å². The second kappa shape index (κ2) is 11.5. The van der Waals surface area contributed by atoms with Crippen LogP contribution < -0.4 is 0 Å². The van der Waals surface area contributed by atoms with E-state index in [-0.39, 0.29) is 5.56 Å². The Kier molecular flexibility index (Phi) is 8.70. The lowest BCUT2D eigenvalue weighted by molar-refractivity contribution is -0.363. The van der Waals surface area contributed by atoms with Gasteiger partial charge in [-0.1, -0.05) is 13.8 Å². The molecule has 0 radical (unpaired) electrons. The maximum Gasteiger partial charge on any atom is 0.341 e. The lowest BCUT2D eigenvalue weighted by atomic mass is 9.45. The summed E-state index contributed by atoms with van der Waals surface area (Å²) in [4.78, 5) is 64.2. The summed E-state index contributed by atoms with van der Waals surface area (Å²) in [6, 6.07) is 1.32. The largest absolute Gasteiger partial charge is 0.472 e. The SMILES string of the molecule is CC(=O)OC1C[C@@](C)(O)[C@]23OC(C)(C)[C@H](C(O)C(OC(=O)c4ccoc4)[C@]2(COC(=O)C(C)C)C1OC(C)=O)C3OC(C)=O. The number of hydrogen-bond acceptors (Lipinski definition) is 14. The van der Waals surface area contributed by atoms with Gasteiger partial charge in [-0.15, -0.1) is 0 Å². The van der Waals surface area contributed by atoms with Gasteiger partial charge in [-0.3, -0.25) is 19.2 Å². The van der Waals surface area contributed by atoms with Crippen molar-refractivity contribution in [2.24, 2.45) is 17.3 Å². The third-order valence-corrected chi connectivity index (χ3v) is 8.89. The van der Waals surface area contributed by atoms with Gasteiger partial charge in [0.2, 0.25) is 0 Å². The Bertz CT molecular complexity index is 1300. The Labute approximate surface area is 254 Å². The summed E-state index contributed by atoms with van der Waals surface area (Å²) in [6.45, 7) is 10.2. The van der Waals surface area contributed by atoms with Gasteiger partial charge in [0.15, 0.2) is 11.7 Å². The monoisotopic (exact) mass is 624 g/mol. The van der Waals surface area contributed by atoms with E-state index in [1.165, 1.54) is 19.3 Å². The molecule has 2 heterocycles. The molecule has 1 aromatic rings. The molecule has 4 rings (SSSR count). The first-order valence-electron chi connectivity index (χ1n) is 14.3. The first kappa shape index (κ1) is 33.4. The third-order valence-electron chi connectivity index (χ3n) is 8.89. The Morgan fingerprint density at radius 3 is 2.05 bits per heavy atom. The summed E-state index contributed by atoms with van der Waals surface area (Å²) in [5, 5.41) is 24.6. The normalized spacial score (nSPS) is 37.0. The molecule has 3 fully saturated rings. The first-order chi connectivity index (χ1) is 20.3. The lowest BCUT2D eigenvalue weighted by Crippen LogP contribution is -2.85. The molecule has 9 atom stereocenters. The average molecular weight is 625 g/mol. The Morgan fingerprint density at radius 1 is 0.932 bits per heavy atom. The second-order valence-corrected chi connectivity index (χ2v) is 12.8. The van der Waals surface area contributed by atoms with Crippen LogP contribution in [0.2, 0.25) is 0 Å². The number of ether oxygens (including phenoxy) is 6. The van der Waals surface area contributed by atoms with Gasteiger partial charge in [0.05, 0.1) is 34.9 Å². The molecule has 1 saturated heterocycles. The van der Waals surface area contributed by atoms with Crippen molar-refractivity contribution in [2.75, 3.05) is 6.61 Å². The fraction of sp³-hybridized carbons (Fsp3) is 0.700. The van der Waals surface area contributed by atoms with Crippen LogP contribution in [0.3, 0.4) is 0 Å². The fourth-order valence-electron chi connectivity index (χ4n) is 7.47. The highest BCUT2D eigenvalue weighted by Crippen LogP contribution is 2.69. The van der Waals surface area contributed by atoms with E-state index in [1.807, 2.05) is 0 Å². The summed E-state index contributed by atoms with van der Waals surface area (Å²) in [5.41, 5.74) is -7.98. The van der Waals surface area contributed by atoms with Crippen molar-refractivity contribution in [3.05, 3.63) is 24.2 Å². The van der Waals surface area contributed by atoms with E-state index in [0.29, 0.717) is 0 Å². The van der Waals surface area contributed by atoms with Crippen molar-refractivity contribution < 1.29 is 67.0 Å². The standard InChI is InChI=1S/C30H40O14/c1-14(2)25(35)39-13-29-22(41-16(4)32)19(40-15(3)31)11-28(8,37)30(29)23(42-17(5)33)20(27(6,7)44-30)21(34)24(29)43-26(36)18-9-10-38-12-18/h9-10,12,14,19-24,34,37H,11,13H2,1-8H3/t19?,20-,21?,22?,23?,24?,28-,29+,30+/m1/s1. The predicted molar refractivity (Wildman–Crippen MR) is 145 cm³/mol. The van der Waals surface area contributed by atoms with Gasteiger partial charge in [-0.25, -0.2) is 4.79 Å². The molecule has 44 heavy (non-hydrogen) atoms. The van der Waals surface area contributed by atoms with Crippen molar-refractivity contribution >= 4 is 29.8 Å². The number of carbonyl (C=O) groups is 5. The van der Waals surface area contributed by atoms with Crippen LogP contribution in [-0.4, -0.2) is 94.0 Å². The minimum absolute atomic E-state index is 0.0432. The van der Waals surface area contributed by atoms with Gasteiger partial charge in [-0.2, -0.15) is 0 Å². The van der Waals surface area contributed by atoms with E-state index < -0.39 is 107 Å². The van der Waals surface area contributed by atoms with E-state index >= 15 is 0 Å². The molecule has 2 saturated carbocycles. The molecule has 0 amide bonds. The smallest absolute Gasteiger partial charge is 0.341 e. The molecular formula is C30H40O14. The van der Waals surface area contributed by atoms with Crippen LogP contribution in [0.15, 0.2) is 23.0 Å². The number of fused-ring (bicyclic) bond motifs is 1. The maximum absolute atomic E-state index is 13.5. The number of carbonyl (C=O) groups excluding carboxylic acids is 5. The maximum atomic E-state index is 13.5. The highest BCUT2D eigenvalue weighted by atomic mass is 16.6. The van der Waals surface area contributed by atoms with Crippen molar-refractivity contribution in [2.45, 2.75) is 109 Å². The molecule has 2 aliphatic carbocycles. The fourth-order valence-corrected chi connectivity index (χ4v) is 7.47. The van der Waals surface area contributed by atoms with Crippen LogP contribution in [0.5, 0.6) is 0 Å². The van der Waals surface area contributed by atoms with Crippen LogP contribution >= 0.6 is 0 Å². The van der Waals surface area contributed by atoms with E-state index in [1.54, 1.807) is 27.7 Å². The number of aliphatic hydroxyl groups excluding tert-OH is 1.